The van der Waals surface area contributed by atoms with Crippen LogP contribution in [0.25, 0.3) is 0 Å². The van der Waals surface area contributed by atoms with Crippen LogP contribution in [0.2, 0.25) is 0 Å². The van der Waals surface area contributed by atoms with E-state index < -0.39 is 11.5 Å². The summed E-state index contributed by atoms with van der Waals surface area (Å²) in [7, 11) is 0. The molecule has 0 amide bonds. The molecule has 5 heteroatoms. The van der Waals surface area contributed by atoms with E-state index in [2.05, 4.69) is 27.4 Å². The molecule has 5 nitrogen and oxygen atoms in total. The lowest BCUT2D eigenvalue weighted by Crippen LogP contribution is -2.57. The molecule has 0 heterocycles. The number of aliphatic hydroxyl groups is 1. The largest absolute Gasteiger partial charge is 0.465 e. The molecule has 1 fully saturated rings. The first-order valence-electron chi connectivity index (χ1n) is 12.3. The van der Waals surface area contributed by atoms with E-state index in [1.54, 1.807) is 0 Å². The molecule has 3 aliphatic carbocycles. The van der Waals surface area contributed by atoms with Crippen LogP contribution < -0.4 is 0 Å². The minimum absolute atomic E-state index is 0.0979. The van der Waals surface area contributed by atoms with Crippen molar-refractivity contribution in [1.82, 2.24) is 0 Å². The molecule has 1 saturated carbocycles. The summed E-state index contributed by atoms with van der Waals surface area (Å²) in [4.78, 5) is 24.4. The van der Waals surface area contributed by atoms with Crippen LogP contribution in [-0.2, 0) is 19.1 Å². The Labute approximate surface area is 193 Å². The van der Waals surface area contributed by atoms with E-state index in [4.69, 9.17) is 9.47 Å². The number of rotatable bonds is 6. The number of carbonyl (C=O) groups excluding carboxylic acids is 2. The highest BCUT2D eigenvalue weighted by molar-refractivity contribution is 5.71. The van der Waals surface area contributed by atoms with Crippen LogP contribution >= 0.6 is 0 Å². The number of hydrogen-bond acceptors (Lipinski definition) is 5. The minimum atomic E-state index is -0.456. The Morgan fingerprint density at radius 2 is 1.91 bits per heavy atom. The molecule has 0 aromatic rings. The van der Waals surface area contributed by atoms with Crippen LogP contribution in [0, 0.1) is 28.1 Å². The monoisotopic (exact) mass is 446 g/mol. The fourth-order valence-electron chi connectivity index (χ4n) is 6.69. The summed E-state index contributed by atoms with van der Waals surface area (Å²) in [6, 6.07) is 0. The predicted octanol–water partition coefficient (Wildman–Crippen LogP) is 5.37. The molecule has 32 heavy (non-hydrogen) atoms. The normalized spacial score (nSPS) is 40.0. The van der Waals surface area contributed by atoms with Crippen molar-refractivity contribution in [2.45, 2.75) is 98.7 Å². The van der Waals surface area contributed by atoms with E-state index >= 15 is 0 Å². The maximum absolute atomic E-state index is 12.4. The number of aliphatic hydroxyl groups excluding tert-OH is 1. The van der Waals surface area contributed by atoms with E-state index in [1.165, 1.54) is 18.1 Å². The molecule has 0 aliphatic heterocycles. The fraction of sp³-hybridized carbons (Fsp3) is 0.778. The zero-order valence-electron chi connectivity index (χ0n) is 20.8. The summed E-state index contributed by atoms with van der Waals surface area (Å²) in [5.41, 5.74) is 1.52. The lowest BCUT2D eigenvalue weighted by Gasteiger charge is -2.60. The van der Waals surface area contributed by atoms with Gasteiger partial charge in [0.25, 0.3) is 0 Å². The van der Waals surface area contributed by atoms with Crippen molar-refractivity contribution in [3.05, 3.63) is 23.8 Å². The second kappa shape index (κ2) is 8.96. The van der Waals surface area contributed by atoms with Gasteiger partial charge in [-0.1, -0.05) is 46.3 Å². The minimum Gasteiger partial charge on any atom is -0.465 e. The molecular formula is C27H42O5. The average Bonchev–Trinajstić information content (AvgIpc) is 2.76. The van der Waals surface area contributed by atoms with Crippen LogP contribution in [0.15, 0.2) is 23.8 Å². The zero-order chi connectivity index (χ0) is 23.9. The van der Waals surface area contributed by atoms with E-state index in [-0.39, 0.29) is 40.7 Å². The number of carbonyl (C=O) groups is 2. The van der Waals surface area contributed by atoms with Gasteiger partial charge in [-0.25, -0.2) is 0 Å². The third-order valence-corrected chi connectivity index (χ3v) is 9.12. The maximum atomic E-state index is 12.4. The molecule has 3 aliphatic rings. The Morgan fingerprint density at radius 1 is 1.22 bits per heavy atom. The average molecular weight is 447 g/mol. The highest BCUT2D eigenvalue weighted by Crippen LogP contribution is 2.63. The third kappa shape index (κ3) is 4.06. The molecule has 0 radical (unpaired) electrons. The summed E-state index contributed by atoms with van der Waals surface area (Å²) >= 11 is 0. The number of ether oxygens (including phenoxy) is 2. The summed E-state index contributed by atoms with van der Waals surface area (Å²) < 4.78 is 11.7. The van der Waals surface area contributed by atoms with E-state index in [9.17, 15) is 14.7 Å². The van der Waals surface area contributed by atoms with Gasteiger partial charge in [0.05, 0.1) is 18.6 Å². The van der Waals surface area contributed by atoms with Crippen molar-refractivity contribution in [2.24, 2.45) is 28.1 Å². The summed E-state index contributed by atoms with van der Waals surface area (Å²) in [5.74, 6) is -0.311. The van der Waals surface area contributed by atoms with E-state index in [0.717, 1.165) is 38.5 Å². The molecule has 0 saturated heterocycles. The standard InChI is InChI=1S/C27H42O5/c1-8-17(3)24(30)31-16-26(6)15-13-22(29)27(7)20-12-14-25(5,9-2)23(32-18(4)28)19(20)10-11-21(26)27/h9,17,21-23,29H,2,8,10-16H2,1,3-7H3/t17-,21-,22-,23-,25+,26-,27+/m0/s1. The van der Waals surface area contributed by atoms with Crippen LogP contribution in [0.4, 0.5) is 0 Å². The second-order valence-electron chi connectivity index (χ2n) is 11.2. The van der Waals surface area contributed by atoms with E-state index in [0.29, 0.717) is 13.0 Å². The Bertz CT molecular complexity index is 800. The Hall–Kier alpha value is -1.62. The van der Waals surface area contributed by atoms with Crippen LogP contribution in [-0.4, -0.2) is 35.9 Å². The first kappa shape index (κ1) is 25.0. The predicted molar refractivity (Wildman–Crippen MR) is 125 cm³/mol. The molecule has 0 unspecified atom stereocenters. The topological polar surface area (TPSA) is 72.8 Å². The SMILES string of the molecule is C=C[C@]1(C)CCC2=C(CC[C@H]3[C@](C)(COC(=O)[C@@H](C)CC)CC[C@H](O)[C@]23C)[C@@H]1OC(C)=O. The Morgan fingerprint density at radius 3 is 2.50 bits per heavy atom. The molecule has 0 bridgehead atoms. The van der Waals surface area contributed by atoms with Crippen molar-refractivity contribution in [1.29, 1.82) is 0 Å². The van der Waals surface area contributed by atoms with Crippen LogP contribution in [0.5, 0.6) is 0 Å². The summed E-state index contributed by atoms with van der Waals surface area (Å²) in [6.45, 7) is 16.3. The molecule has 0 aromatic carbocycles. The highest BCUT2D eigenvalue weighted by Gasteiger charge is 2.59. The molecule has 0 spiro atoms. The summed E-state index contributed by atoms with van der Waals surface area (Å²) in [5, 5.41) is 11.3. The number of hydrogen-bond donors (Lipinski definition) is 1. The lowest BCUT2D eigenvalue weighted by atomic mass is 9.46. The van der Waals surface area contributed by atoms with Crippen molar-refractivity contribution in [3.63, 3.8) is 0 Å². The molecular weight excluding hydrogens is 404 g/mol. The van der Waals surface area contributed by atoms with Crippen LogP contribution in [0.1, 0.15) is 86.5 Å². The third-order valence-electron chi connectivity index (χ3n) is 9.12. The summed E-state index contributed by atoms with van der Waals surface area (Å²) in [6.07, 6.45) is 6.84. The maximum Gasteiger partial charge on any atom is 0.308 e. The zero-order valence-corrected chi connectivity index (χ0v) is 20.8. The Balaban J connectivity index is 1.98. The van der Waals surface area contributed by atoms with Crippen molar-refractivity contribution in [3.8, 4) is 0 Å². The second-order valence-corrected chi connectivity index (χ2v) is 11.2. The molecule has 3 rings (SSSR count). The van der Waals surface area contributed by atoms with Gasteiger partial charge in [0, 0.05) is 23.2 Å². The van der Waals surface area contributed by atoms with Crippen molar-refractivity contribution >= 4 is 11.9 Å². The highest BCUT2D eigenvalue weighted by atomic mass is 16.5. The quantitative estimate of drug-likeness (QED) is 0.439. The first-order valence-corrected chi connectivity index (χ1v) is 12.3. The number of esters is 2. The van der Waals surface area contributed by atoms with Crippen molar-refractivity contribution < 1.29 is 24.2 Å². The smallest absolute Gasteiger partial charge is 0.308 e. The fourth-order valence-corrected chi connectivity index (χ4v) is 6.69. The number of fused-ring (bicyclic) bond motifs is 2. The lowest BCUT2D eigenvalue weighted by molar-refractivity contribution is -0.162. The molecule has 180 valence electrons. The van der Waals surface area contributed by atoms with Gasteiger partial charge < -0.3 is 14.6 Å². The molecule has 1 N–H and O–H groups in total. The van der Waals surface area contributed by atoms with Crippen LogP contribution in [0.3, 0.4) is 0 Å². The van der Waals surface area contributed by atoms with Gasteiger partial charge in [-0.2, -0.15) is 0 Å². The molecule has 0 aromatic heterocycles. The van der Waals surface area contributed by atoms with Crippen molar-refractivity contribution in [2.75, 3.05) is 6.61 Å². The van der Waals surface area contributed by atoms with Gasteiger partial charge in [0.15, 0.2) is 0 Å². The first-order chi connectivity index (χ1) is 14.9. The van der Waals surface area contributed by atoms with Gasteiger partial charge >= 0.3 is 11.9 Å². The Kier molecular flexibility index (Phi) is 7.01. The van der Waals surface area contributed by atoms with Gasteiger partial charge in [0.1, 0.15) is 6.10 Å². The van der Waals surface area contributed by atoms with Gasteiger partial charge in [-0.05, 0) is 56.4 Å². The van der Waals surface area contributed by atoms with E-state index in [1.807, 2.05) is 19.9 Å². The van der Waals surface area contributed by atoms with Gasteiger partial charge in [-0.3, -0.25) is 9.59 Å². The molecule has 7 atom stereocenters. The van der Waals surface area contributed by atoms with Gasteiger partial charge in [0.2, 0.25) is 0 Å². The van der Waals surface area contributed by atoms with Gasteiger partial charge in [-0.15, -0.1) is 6.58 Å².